The van der Waals surface area contributed by atoms with E-state index in [1.165, 1.54) is 0 Å². The van der Waals surface area contributed by atoms with Gasteiger partial charge in [0.2, 0.25) is 0 Å². The number of aliphatic imine (C=N–C) groups is 1. The van der Waals surface area contributed by atoms with Crippen LogP contribution in [0.3, 0.4) is 0 Å². The van der Waals surface area contributed by atoms with Crippen LogP contribution in [0.5, 0.6) is 0 Å². The topological polar surface area (TPSA) is 103 Å². The van der Waals surface area contributed by atoms with Crippen molar-refractivity contribution in [3.05, 3.63) is 23.5 Å². The molecule has 2 rings (SSSR count). The number of guanidine groups is 1. The number of rotatable bonds is 3. The average molecular weight is 237 g/mol. The highest BCUT2D eigenvalue weighted by Gasteiger charge is 2.27. The first kappa shape index (κ1) is 11.9. The predicted octanol–water partition coefficient (Wildman–Crippen LogP) is -0.909. The van der Waals surface area contributed by atoms with E-state index in [2.05, 4.69) is 16.5 Å². The number of ether oxygens (including phenoxy) is 1. The SMILES string of the molecule is C=C(C1=C(N=C(N)N)CCOC1)N1CC(N)C1. The van der Waals surface area contributed by atoms with Gasteiger partial charge in [0.25, 0.3) is 0 Å². The quantitative estimate of drug-likeness (QED) is 0.435. The zero-order chi connectivity index (χ0) is 12.4. The van der Waals surface area contributed by atoms with Gasteiger partial charge in [0.15, 0.2) is 5.96 Å². The van der Waals surface area contributed by atoms with Crippen molar-refractivity contribution in [3.63, 3.8) is 0 Å². The van der Waals surface area contributed by atoms with E-state index in [4.69, 9.17) is 21.9 Å². The van der Waals surface area contributed by atoms with E-state index >= 15 is 0 Å². The number of hydrogen-bond donors (Lipinski definition) is 3. The fourth-order valence-corrected chi connectivity index (χ4v) is 2.03. The molecule has 0 amide bonds. The highest BCUT2D eigenvalue weighted by molar-refractivity contribution is 5.77. The molecule has 0 aromatic carbocycles. The van der Waals surface area contributed by atoms with Crippen LogP contribution in [0, 0.1) is 0 Å². The third-order valence-corrected chi connectivity index (χ3v) is 2.98. The maximum Gasteiger partial charge on any atom is 0.190 e. The van der Waals surface area contributed by atoms with E-state index in [9.17, 15) is 0 Å². The second-order valence-corrected chi connectivity index (χ2v) is 4.38. The summed E-state index contributed by atoms with van der Waals surface area (Å²) in [6.45, 7) is 6.89. The summed E-state index contributed by atoms with van der Waals surface area (Å²) < 4.78 is 5.43. The summed E-state index contributed by atoms with van der Waals surface area (Å²) in [5.74, 6) is 0.0764. The molecule has 0 aromatic rings. The van der Waals surface area contributed by atoms with Crippen molar-refractivity contribution >= 4 is 5.96 Å². The molecule has 0 saturated carbocycles. The lowest BCUT2D eigenvalue weighted by atomic mass is 10.0. The molecule has 0 bridgehead atoms. The van der Waals surface area contributed by atoms with Gasteiger partial charge in [-0.25, -0.2) is 4.99 Å². The highest BCUT2D eigenvalue weighted by Crippen LogP contribution is 2.27. The monoisotopic (exact) mass is 237 g/mol. The van der Waals surface area contributed by atoms with Crippen molar-refractivity contribution in [1.29, 1.82) is 0 Å². The Morgan fingerprint density at radius 1 is 1.41 bits per heavy atom. The van der Waals surface area contributed by atoms with Crippen LogP contribution in [0.25, 0.3) is 0 Å². The molecular formula is C11H19N5O. The molecule has 2 heterocycles. The van der Waals surface area contributed by atoms with E-state index in [0.29, 0.717) is 19.6 Å². The second-order valence-electron chi connectivity index (χ2n) is 4.38. The molecule has 6 N–H and O–H groups in total. The van der Waals surface area contributed by atoms with Crippen LogP contribution in [0.2, 0.25) is 0 Å². The fraction of sp³-hybridized carbons (Fsp3) is 0.545. The summed E-state index contributed by atoms with van der Waals surface area (Å²) in [5.41, 5.74) is 19.4. The third kappa shape index (κ3) is 2.59. The molecule has 2 aliphatic heterocycles. The van der Waals surface area contributed by atoms with Crippen molar-refractivity contribution < 1.29 is 4.74 Å². The van der Waals surface area contributed by atoms with Gasteiger partial charge in [0.05, 0.1) is 18.9 Å². The number of nitrogens with two attached hydrogens (primary N) is 3. The Bertz CT molecular complexity index is 377. The Kier molecular flexibility index (Phi) is 3.35. The van der Waals surface area contributed by atoms with E-state index in [-0.39, 0.29) is 12.0 Å². The Labute approximate surface area is 101 Å². The Morgan fingerprint density at radius 3 is 2.71 bits per heavy atom. The van der Waals surface area contributed by atoms with Crippen LogP contribution in [-0.2, 0) is 4.74 Å². The molecule has 2 aliphatic rings. The summed E-state index contributed by atoms with van der Waals surface area (Å²) in [6, 6.07) is 0.239. The molecule has 0 aromatic heterocycles. The normalized spacial score (nSPS) is 21.1. The third-order valence-electron chi connectivity index (χ3n) is 2.98. The van der Waals surface area contributed by atoms with Crippen molar-refractivity contribution in [2.24, 2.45) is 22.2 Å². The molecular weight excluding hydrogens is 218 g/mol. The van der Waals surface area contributed by atoms with Crippen molar-refractivity contribution in [3.8, 4) is 0 Å². The smallest absolute Gasteiger partial charge is 0.190 e. The number of hydrogen-bond acceptors (Lipinski definition) is 4. The molecule has 0 aliphatic carbocycles. The van der Waals surface area contributed by atoms with Crippen LogP contribution in [0.15, 0.2) is 28.5 Å². The molecule has 6 nitrogen and oxygen atoms in total. The minimum atomic E-state index is 0.0764. The molecule has 17 heavy (non-hydrogen) atoms. The minimum Gasteiger partial charge on any atom is -0.376 e. The largest absolute Gasteiger partial charge is 0.376 e. The summed E-state index contributed by atoms with van der Waals surface area (Å²) >= 11 is 0. The Morgan fingerprint density at radius 2 is 2.12 bits per heavy atom. The van der Waals surface area contributed by atoms with Crippen molar-refractivity contribution in [1.82, 2.24) is 4.90 Å². The standard InChI is InChI=1S/C11H19N5O/c1-7(16-4-8(12)5-16)9-6-17-3-2-10(9)15-11(13)14/h8H,1-6,12H2,(H4,13,14,15). The summed E-state index contributed by atoms with van der Waals surface area (Å²) in [6.07, 6.45) is 0.714. The van der Waals surface area contributed by atoms with Crippen LogP contribution < -0.4 is 17.2 Å². The molecule has 0 radical (unpaired) electrons. The summed E-state index contributed by atoms with van der Waals surface area (Å²) in [5, 5.41) is 0. The highest BCUT2D eigenvalue weighted by atomic mass is 16.5. The Hall–Kier alpha value is -1.53. The maximum atomic E-state index is 5.75. The van der Waals surface area contributed by atoms with Crippen LogP contribution in [-0.4, -0.2) is 43.2 Å². The number of nitrogens with zero attached hydrogens (tertiary/aromatic N) is 2. The van der Waals surface area contributed by atoms with Gasteiger partial charge in [0, 0.05) is 36.8 Å². The lowest BCUT2D eigenvalue weighted by Gasteiger charge is -2.41. The van der Waals surface area contributed by atoms with Gasteiger partial charge in [-0.3, -0.25) is 0 Å². The maximum absolute atomic E-state index is 5.75. The van der Waals surface area contributed by atoms with Gasteiger partial charge < -0.3 is 26.8 Å². The first-order chi connectivity index (χ1) is 8.08. The molecule has 94 valence electrons. The van der Waals surface area contributed by atoms with E-state index in [1.807, 2.05) is 0 Å². The first-order valence-corrected chi connectivity index (χ1v) is 5.67. The van der Waals surface area contributed by atoms with Crippen molar-refractivity contribution in [2.45, 2.75) is 12.5 Å². The Balaban J connectivity index is 2.17. The van der Waals surface area contributed by atoms with Gasteiger partial charge in [-0.15, -0.1) is 0 Å². The predicted molar refractivity (Wildman–Crippen MR) is 67.0 cm³/mol. The number of likely N-dealkylation sites (tertiary alicyclic amines) is 1. The first-order valence-electron chi connectivity index (χ1n) is 5.67. The van der Waals surface area contributed by atoms with Gasteiger partial charge in [-0.1, -0.05) is 6.58 Å². The zero-order valence-corrected chi connectivity index (χ0v) is 9.85. The van der Waals surface area contributed by atoms with E-state index < -0.39 is 0 Å². The van der Waals surface area contributed by atoms with Crippen LogP contribution in [0.4, 0.5) is 0 Å². The lowest BCUT2D eigenvalue weighted by Crippen LogP contribution is -2.55. The van der Waals surface area contributed by atoms with E-state index in [0.717, 1.165) is 30.1 Å². The molecule has 6 heteroatoms. The van der Waals surface area contributed by atoms with Gasteiger partial charge >= 0.3 is 0 Å². The van der Waals surface area contributed by atoms with Gasteiger partial charge in [-0.2, -0.15) is 0 Å². The van der Waals surface area contributed by atoms with Crippen LogP contribution >= 0.6 is 0 Å². The molecule has 0 unspecified atom stereocenters. The minimum absolute atomic E-state index is 0.0764. The fourth-order valence-electron chi connectivity index (χ4n) is 2.03. The zero-order valence-electron chi connectivity index (χ0n) is 9.85. The second kappa shape index (κ2) is 4.77. The summed E-state index contributed by atoms with van der Waals surface area (Å²) in [7, 11) is 0. The van der Waals surface area contributed by atoms with E-state index in [1.54, 1.807) is 0 Å². The lowest BCUT2D eigenvalue weighted by molar-refractivity contribution is 0.137. The van der Waals surface area contributed by atoms with Gasteiger partial charge in [0.1, 0.15) is 0 Å². The molecule has 1 saturated heterocycles. The average Bonchev–Trinajstić information content (AvgIpc) is 2.24. The van der Waals surface area contributed by atoms with Gasteiger partial charge in [-0.05, 0) is 0 Å². The summed E-state index contributed by atoms with van der Waals surface area (Å²) in [4.78, 5) is 6.27. The molecule has 1 fully saturated rings. The molecule has 0 spiro atoms. The van der Waals surface area contributed by atoms with Crippen molar-refractivity contribution in [2.75, 3.05) is 26.3 Å². The molecule has 0 atom stereocenters. The van der Waals surface area contributed by atoms with Crippen LogP contribution in [0.1, 0.15) is 6.42 Å².